The van der Waals surface area contributed by atoms with E-state index >= 15 is 0 Å². The molecule has 0 bridgehead atoms. The van der Waals surface area contributed by atoms with Gasteiger partial charge in [-0.25, -0.2) is 4.39 Å². The summed E-state index contributed by atoms with van der Waals surface area (Å²) in [6, 6.07) is 6.63. The van der Waals surface area contributed by atoms with Crippen LogP contribution in [0.2, 0.25) is 0 Å². The van der Waals surface area contributed by atoms with Crippen molar-refractivity contribution in [3.05, 3.63) is 42.2 Å². The Labute approximate surface area is 104 Å². The predicted octanol–water partition coefficient (Wildman–Crippen LogP) is 2.05. The summed E-state index contributed by atoms with van der Waals surface area (Å²) in [5.74, 6) is -3.26. The molecule has 1 aromatic carbocycles. The molecule has 1 amide bonds. The second-order valence-corrected chi connectivity index (χ2v) is 3.70. The minimum absolute atomic E-state index is 0.135. The molecule has 92 valence electrons. The zero-order valence-corrected chi connectivity index (χ0v) is 9.74. The number of hydrogen-bond acceptors (Lipinski definition) is 3. The van der Waals surface area contributed by atoms with E-state index < -0.39 is 23.4 Å². The third-order valence-electron chi connectivity index (χ3n) is 2.19. The zero-order valence-electron chi connectivity index (χ0n) is 9.74. The molecule has 0 aromatic heterocycles. The van der Waals surface area contributed by atoms with Gasteiger partial charge >= 0.3 is 0 Å². The first kappa shape index (κ1) is 13.6. The van der Waals surface area contributed by atoms with Crippen LogP contribution in [0.25, 0.3) is 0 Å². The van der Waals surface area contributed by atoms with E-state index in [1.54, 1.807) is 6.07 Å². The Bertz CT molecular complexity index is 529. The summed E-state index contributed by atoms with van der Waals surface area (Å²) in [5.41, 5.74) is 0.451. The Morgan fingerprint density at radius 2 is 1.94 bits per heavy atom. The fraction of sp³-hybridized carbons (Fsp3) is 0.154. The molecule has 1 unspecified atom stereocenters. The van der Waals surface area contributed by atoms with Crippen LogP contribution in [0.1, 0.15) is 6.92 Å². The molecule has 0 aliphatic heterocycles. The fourth-order valence-electron chi connectivity index (χ4n) is 1.23. The monoisotopic (exact) mass is 246 g/mol. The van der Waals surface area contributed by atoms with Crippen molar-refractivity contribution in [1.82, 2.24) is 0 Å². The normalized spacial score (nSPS) is 11.2. The molecule has 0 heterocycles. The zero-order chi connectivity index (χ0) is 13.7. The van der Waals surface area contributed by atoms with Crippen LogP contribution in [0.5, 0.6) is 0 Å². The molecule has 0 spiro atoms. The molecular formula is C13H11FN2O2. The molecule has 0 saturated heterocycles. The van der Waals surface area contributed by atoms with Crippen molar-refractivity contribution in [2.45, 2.75) is 6.92 Å². The maximum absolute atomic E-state index is 12.7. The van der Waals surface area contributed by atoms with E-state index in [0.717, 1.165) is 12.1 Å². The van der Waals surface area contributed by atoms with Gasteiger partial charge < -0.3 is 5.32 Å². The van der Waals surface area contributed by atoms with Gasteiger partial charge in [0.15, 0.2) is 11.7 Å². The summed E-state index contributed by atoms with van der Waals surface area (Å²) in [4.78, 5) is 23.2. The highest BCUT2D eigenvalue weighted by Crippen LogP contribution is 2.12. The fourth-order valence-corrected chi connectivity index (χ4v) is 1.23. The largest absolute Gasteiger partial charge is 0.325 e. The highest BCUT2D eigenvalue weighted by Gasteiger charge is 2.26. The van der Waals surface area contributed by atoms with Crippen LogP contribution < -0.4 is 5.32 Å². The molecule has 0 radical (unpaired) electrons. The standard InChI is InChI=1S/C13H11FN2O2/c1-8(2)12(17)11(7-15)13(18)16-10-5-3-9(14)4-6-10/h3-6,11H,1H2,2H3,(H,16,18). The van der Waals surface area contributed by atoms with E-state index in [0.29, 0.717) is 5.69 Å². The number of rotatable bonds is 4. The number of nitrogens with one attached hydrogen (secondary N) is 1. The van der Waals surface area contributed by atoms with E-state index in [1.165, 1.54) is 19.1 Å². The average molecular weight is 246 g/mol. The van der Waals surface area contributed by atoms with Gasteiger partial charge in [-0.3, -0.25) is 9.59 Å². The Balaban J connectivity index is 2.81. The van der Waals surface area contributed by atoms with Gasteiger partial charge in [0.05, 0.1) is 6.07 Å². The lowest BCUT2D eigenvalue weighted by atomic mass is 10.00. The lowest BCUT2D eigenvalue weighted by molar-refractivity contribution is -0.126. The number of halogens is 1. The van der Waals surface area contributed by atoms with Crippen LogP contribution >= 0.6 is 0 Å². The highest BCUT2D eigenvalue weighted by molar-refractivity contribution is 6.14. The van der Waals surface area contributed by atoms with Crippen molar-refractivity contribution in [1.29, 1.82) is 5.26 Å². The molecule has 5 heteroatoms. The maximum atomic E-state index is 12.7. The molecule has 18 heavy (non-hydrogen) atoms. The Morgan fingerprint density at radius 3 is 2.39 bits per heavy atom. The second kappa shape index (κ2) is 5.73. The van der Waals surface area contributed by atoms with Crippen LogP contribution in [-0.2, 0) is 9.59 Å². The van der Waals surface area contributed by atoms with E-state index in [-0.39, 0.29) is 5.57 Å². The molecule has 0 aliphatic rings. The van der Waals surface area contributed by atoms with E-state index in [9.17, 15) is 14.0 Å². The number of amides is 1. The first-order valence-electron chi connectivity index (χ1n) is 5.11. The third-order valence-corrected chi connectivity index (χ3v) is 2.19. The number of nitriles is 1. The lowest BCUT2D eigenvalue weighted by Gasteiger charge is -2.09. The van der Waals surface area contributed by atoms with Crippen molar-refractivity contribution in [2.75, 3.05) is 5.32 Å². The third kappa shape index (κ3) is 3.25. The van der Waals surface area contributed by atoms with Gasteiger partial charge in [0, 0.05) is 5.69 Å². The number of carbonyl (C=O) groups excluding carboxylic acids is 2. The molecule has 1 N–H and O–H groups in total. The topological polar surface area (TPSA) is 70.0 Å². The van der Waals surface area contributed by atoms with E-state index in [4.69, 9.17) is 5.26 Å². The summed E-state index contributed by atoms with van der Waals surface area (Å²) in [7, 11) is 0. The molecule has 0 fully saturated rings. The summed E-state index contributed by atoms with van der Waals surface area (Å²) in [5, 5.41) is 11.2. The summed E-state index contributed by atoms with van der Waals surface area (Å²) in [6.45, 7) is 4.82. The summed E-state index contributed by atoms with van der Waals surface area (Å²) < 4.78 is 12.7. The summed E-state index contributed by atoms with van der Waals surface area (Å²) >= 11 is 0. The number of nitrogens with zero attached hydrogens (tertiary/aromatic N) is 1. The SMILES string of the molecule is C=C(C)C(=O)C(C#N)C(=O)Nc1ccc(F)cc1. The number of hydrogen-bond donors (Lipinski definition) is 1. The smallest absolute Gasteiger partial charge is 0.249 e. The maximum Gasteiger partial charge on any atom is 0.249 e. The van der Waals surface area contributed by atoms with E-state index in [2.05, 4.69) is 11.9 Å². The number of allylic oxidation sites excluding steroid dienone is 1. The number of ketones is 1. The van der Waals surface area contributed by atoms with Gasteiger partial charge in [0.1, 0.15) is 5.82 Å². The van der Waals surface area contributed by atoms with Crippen LogP contribution in [0, 0.1) is 23.1 Å². The minimum Gasteiger partial charge on any atom is -0.325 e. The predicted molar refractivity (Wildman–Crippen MR) is 64.0 cm³/mol. The summed E-state index contributed by atoms with van der Waals surface area (Å²) in [6.07, 6.45) is 0. The van der Waals surface area contributed by atoms with Crippen LogP contribution in [-0.4, -0.2) is 11.7 Å². The van der Waals surface area contributed by atoms with Gasteiger partial charge in [0.2, 0.25) is 5.91 Å². The molecule has 0 saturated carbocycles. The Hall–Kier alpha value is -2.48. The Morgan fingerprint density at radius 1 is 1.39 bits per heavy atom. The first-order valence-corrected chi connectivity index (χ1v) is 5.11. The van der Waals surface area contributed by atoms with Crippen molar-refractivity contribution in [3.8, 4) is 6.07 Å². The molecule has 1 rings (SSSR count). The minimum atomic E-state index is -1.44. The van der Waals surface area contributed by atoms with Crippen LogP contribution in [0.15, 0.2) is 36.4 Å². The lowest BCUT2D eigenvalue weighted by Crippen LogP contribution is -2.28. The molecule has 1 aromatic rings. The second-order valence-electron chi connectivity index (χ2n) is 3.70. The number of anilines is 1. The number of carbonyl (C=O) groups is 2. The van der Waals surface area contributed by atoms with E-state index in [1.807, 2.05) is 0 Å². The van der Waals surface area contributed by atoms with Gasteiger partial charge in [-0.2, -0.15) is 5.26 Å². The number of Topliss-reactive ketones (excluding diaryl/α,β-unsaturated/α-hetero) is 1. The molecule has 4 nitrogen and oxygen atoms in total. The number of benzene rings is 1. The van der Waals surface area contributed by atoms with Crippen LogP contribution in [0.4, 0.5) is 10.1 Å². The Kier molecular flexibility index (Phi) is 4.33. The molecule has 0 aliphatic carbocycles. The quantitative estimate of drug-likeness (QED) is 0.653. The van der Waals surface area contributed by atoms with Crippen LogP contribution in [0.3, 0.4) is 0 Å². The van der Waals surface area contributed by atoms with Crippen molar-refractivity contribution < 1.29 is 14.0 Å². The van der Waals surface area contributed by atoms with Crippen molar-refractivity contribution in [3.63, 3.8) is 0 Å². The molecule has 1 atom stereocenters. The highest BCUT2D eigenvalue weighted by atomic mass is 19.1. The van der Waals surface area contributed by atoms with Gasteiger partial charge in [-0.15, -0.1) is 0 Å². The van der Waals surface area contributed by atoms with Crippen molar-refractivity contribution >= 4 is 17.4 Å². The average Bonchev–Trinajstić information content (AvgIpc) is 2.32. The van der Waals surface area contributed by atoms with Gasteiger partial charge in [-0.1, -0.05) is 6.58 Å². The van der Waals surface area contributed by atoms with Crippen molar-refractivity contribution in [2.24, 2.45) is 5.92 Å². The molecular weight excluding hydrogens is 235 g/mol. The van der Waals surface area contributed by atoms with Gasteiger partial charge in [0.25, 0.3) is 0 Å². The van der Waals surface area contributed by atoms with Gasteiger partial charge in [-0.05, 0) is 36.8 Å². The first-order chi connectivity index (χ1) is 8.45.